The lowest BCUT2D eigenvalue weighted by Crippen LogP contribution is -2.29. The van der Waals surface area contributed by atoms with Crippen LogP contribution in [-0.4, -0.2) is 34.2 Å². The third-order valence-corrected chi connectivity index (χ3v) is 3.99. The first-order valence-electron chi connectivity index (χ1n) is 7.46. The first kappa shape index (κ1) is 16.4. The van der Waals surface area contributed by atoms with E-state index in [9.17, 15) is 4.79 Å². The van der Waals surface area contributed by atoms with Gasteiger partial charge in [-0.3, -0.25) is 4.79 Å². The molecule has 6 nitrogen and oxygen atoms in total. The standard InChI is InChI=1S/C17H17ClN4O2/c1-11-15(16-19-7-4-8-22(16)21-11)17(23)20-10-14(24-2)12-5-3-6-13(18)9-12/h3-9,14H,10H2,1-2H3,(H,20,23). The number of hydrogen-bond donors (Lipinski definition) is 1. The zero-order chi connectivity index (χ0) is 17.1. The topological polar surface area (TPSA) is 68.5 Å². The molecule has 0 saturated carbocycles. The van der Waals surface area contributed by atoms with Crippen molar-refractivity contribution in [2.24, 2.45) is 0 Å². The molecule has 1 unspecified atom stereocenters. The van der Waals surface area contributed by atoms with Crippen molar-refractivity contribution >= 4 is 23.2 Å². The number of benzene rings is 1. The number of nitrogens with zero attached hydrogens (tertiary/aromatic N) is 3. The fourth-order valence-corrected chi connectivity index (χ4v) is 2.78. The number of aromatic nitrogens is 3. The summed E-state index contributed by atoms with van der Waals surface area (Å²) in [6.07, 6.45) is 3.11. The summed E-state index contributed by atoms with van der Waals surface area (Å²) in [6.45, 7) is 2.10. The van der Waals surface area contributed by atoms with Crippen LogP contribution in [0.4, 0.5) is 0 Å². The maximum atomic E-state index is 12.6. The molecule has 0 fully saturated rings. The van der Waals surface area contributed by atoms with E-state index in [-0.39, 0.29) is 12.0 Å². The highest BCUT2D eigenvalue weighted by atomic mass is 35.5. The molecule has 124 valence electrons. The zero-order valence-corrected chi connectivity index (χ0v) is 14.1. The maximum Gasteiger partial charge on any atom is 0.257 e. The van der Waals surface area contributed by atoms with E-state index in [1.54, 1.807) is 43.1 Å². The van der Waals surface area contributed by atoms with Gasteiger partial charge < -0.3 is 10.1 Å². The number of hydrogen-bond acceptors (Lipinski definition) is 4. The van der Waals surface area contributed by atoms with Gasteiger partial charge in [-0.05, 0) is 30.7 Å². The third-order valence-electron chi connectivity index (χ3n) is 3.75. The van der Waals surface area contributed by atoms with Gasteiger partial charge in [-0.1, -0.05) is 23.7 Å². The van der Waals surface area contributed by atoms with Crippen molar-refractivity contribution in [1.29, 1.82) is 0 Å². The lowest BCUT2D eigenvalue weighted by molar-refractivity contribution is 0.0828. The van der Waals surface area contributed by atoms with Gasteiger partial charge in [0, 0.05) is 31.1 Å². The second kappa shape index (κ2) is 6.98. The first-order valence-corrected chi connectivity index (χ1v) is 7.84. The second-order valence-corrected chi connectivity index (χ2v) is 5.77. The molecule has 1 amide bonds. The van der Waals surface area contributed by atoms with Crippen LogP contribution in [-0.2, 0) is 4.74 Å². The quantitative estimate of drug-likeness (QED) is 0.772. The molecule has 7 heteroatoms. The molecule has 1 N–H and O–H groups in total. The van der Waals surface area contributed by atoms with Crippen molar-refractivity contribution in [2.75, 3.05) is 13.7 Å². The van der Waals surface area contributed by atoms with Crippen LogP contribution in [0.1, 0.15) is 27.7 Å². The van der Waals surface area contributed by atoms with Crippen LogP contribution >= 0.6 is 11.6 Å². The summed E-state index contributed by atoms with van der Waals surface area (Å²) in [5.74, 6) is -0.231. The Morgan fingerprint density at radius 3 is 3.00 bits per heavy atom. The number of amides is 1. The van der Waals surface area contributed by atoms with Crippen LogP contribution in [0, 0.1) is 6.92 Å². The maximum absolute atomic E-state index is 12.6. The van der Waals surface area contributed by atoms with Crippen molar-refractivity contribution in [3.63, 3.8) is 0 Å². The molecule has 2 heterocycles. The Labute approximate surface area is 144 Å². The molecule has 3 aromatic rings. The Morgan fingerprint density at radius 1 is 1.42 bits per heavy atom. The number of ether oxygens (including phenoxy) is 1. The largest absolute Gasteiger partial charge is 0.375 e. The lowest BCUT2D eigenvalue weighted by Gasteiger charge is -2.16. The summed E-state index contributed by atoms with van der Waals surface area (Å²) < 4.78 is 7.06. The Balaban J connectivity index is 1.78. The molecule has 0 aliphatic carbocycles. The van der Waals surface area contributed by atoms with Crippen molar-refractivity contribution in [3.8, 4) is 0 Å². The summed E-state index contributed by atoms with van der Waals surface area (Å²) >= 11 is 6.01. The van der Waals surface area contributed by atoms with Gasteiger partial charge in [0.1, 0.15) is 5.56 Å². The minimum absolute atomic E-state index is 0.231. The fraction of sp³-hybridized carbons (Fsp3) is 0.235. The SMILES string of the molecule is COC(CNC(=O)c1c(C)nn2cccnc12)c1cccc(Cl)c1. The van der Waals surface area contributed by atoms with E-state index in [4.69, 9.17) is 16.3 Å². The van der Waals surface area contributed by atoms with Gasteiger partial charge in [-0.25, -0.2) is 9.50 Å². The Kier molecular flexibility index (Phi) is 4.78. The summed E-state index contributed by atoms with van der Waals surface area (Å²) in [6, 6.07) is 9.15. The van der Waals surface area contributed by atoms with Crippen LogP contribution < -0.4 is 5.32 Å². The smallest absolute Gasteiger partial charge is 0.257 e. The third kappa shape index (κ3) is 3.25. The minimum Gasteiger partial charge on any atom is -0.375 e. The van der Waals surface area contributed by atoms with Crippen molar-refractivity contribution in [2.45, 2.75) is 13.0 Å². The fourth-order valence-electron chi connectivity index (χ4n) is 2.58. The van der Waals surface area contributed by atoms with Gasteiger partial charge >= 0.3 is 0 Å². The van der Waals surface area contributed by atoms with Crippen molar-refractivity contribution < 1.29 is 9.53 Å². The number of carbonyl (C=O) groups is 1. The Hall–Kier alpha value is -2.44. The minimum atomic E-state index is -0.289. The molecule has 0 aliphatic rings. The molecule has 0 radical (unpaired) electrons. The number of methoxy groups -OCH3 is 1. The molecule has 1 aromatic carbocycles. The number of halogens is 1. The lowest BCUT2D eigenvalue weighted by atomic mass is 10.1. The number of fused-ring (bicyclic) bond motifs is 1. The van der Waals surface area contributed by atoms with E-state index in [0.717, 1.165) is 5.56 Å². The predicted octanol–water partition coefficient (Wildman–Crippen LogP) is 2.81. The molecule has 0 aliphatic heterocycles. The molecule has 0 spiro atoms. The number of nitrogens with one attached hydrogen (secondary N) is 1. The first-order chi connectivity index (χ1) is 11.6. The zero-order valence-electron chi connectivity index (χ0n) is 13.4. The number of rotatable bonds is 5. The highest BCUT2D eigenvalue weighted by Crippen LogP contribution is 2.20. The highest BCUT2D eigenvalue weighted by molar-refractivity contribution is 6.30. The molecule has 3 rings (SSSR count). The molecule has 24 heavy (non-hydrogen) atoms. The van der Waals surface area contributed by atoms with Crippen LogP contribution in [0.25, 0.3) is 5.65 Å². The van der Waals surface area contributed by atoms with E-state index < -0.39 is 0 Å². The van der Waals surface area contributed by atoms with Crippen LogP contribution in [0.15, 0.2) is 42.7 Å². The Bertz CT molecular complexity index is 878. The normalized spacial score (nSPS) is 12.3. The van der Waals surface area contributed by atoms with Gasteiger partial charge in [0.15, 0.2) is 5.65 Å². The van der Waals surface area contributed by atoms with Gasteiger partial charge in [0.25, 0.3) is 5.91 Å². The average Bonchev–Trinajstić information content (AvgIpc) is 2.91. The van der Waals surface area contributed by atoms with Gasteiger partial charge in [0.2, 0.25) is 0 Å². The Morgan fingerprint density at radius 2 is 2.25 bits per heavy atom. The van der Waals surface area contributed by atoms with Crippen LogP contribution in [0.5, 0.6) is 0 Å². The van der Waals surface area contributed by atoms with E-state index in [2.05, 4.69) is 15.4 Å². The van der Waals surface area contributed by atoms with Gasteiger partial charge in [-0.2, -0.15) is 5.10 Å². The summed E-state index contributed by atoms with van der Waals surface area (Å²) in [4.78, 5) is 16.8. The van der Waals surface area contributed by atoms with Crippen LogP contribution in [0.2, 0.25) is 5.02 Å². The van der Waals surface area contributed by atoms with Gasteiger partial charge in [-0.15, -0.1) is 0 Å². The van der Waals surface area contributed by atoms with Crippen molar-refractivity contribution in [1.82, 2.24) is 19.9 Å². The number of carbonyl (C=O) groups excluding carboxylic acids is 1. The summed E-state index contributed by atoms with van der Waals surface area (Å²) in [5.41, 5.74) is 2.53. The molecule has 0 bridgehead atoms. The van der Waals surface area contributed by atoms with E-state index in [1.165, 1.54) is 0 Å². The van der Waals surface area contributed by atoms with Crippen molar-refractivity contribution in [3.05, 3.63) is 64.6 Å². The highest BCUT2D eigenvalue weighted by Gasteiger charge is 2.19. The summed E-state index contributed by atoms with van der Waals surface area (Å²) in [5, 5.41) is 7.81. The van der Waals surface area contributed by atoms with E-state index in [0.29, 0.717) is 28.5 Å². The van der Waals surface area contributed by atoms with E-state index in [1.807, 2.05) is 18.2 Å². The number of aryl methyl sites for hydroxylation is 1. The second-order valence-electron chi connectivity index (χ2n) is 5.34. The van der Waals surface area contributed by atoms with Crippen LogP contribution in [0.3, 0.4) is 0 Å². The molecule has 0 saturated heterocycles. The molecular weight excluding hydrogens is 328 g/mol. The monoisotopic (exact) mass is 344 g/mol. The molecule has 2 aromatic heterocycles. The molecule has 1 atom stereocenters. The predicted molar refractivity (Wildman–Crippen MR) is 91.3 cm³/mol. The van der Waals surface area contributed by atoms with Gasteiger partial charge in [0.05, 0.1) is 11.8 Å². The average molecular weight is 345 g/mol. The van der Waals surface area contributed by atoms with E-state index >= 15 is 0 Å². The molecular formula is C17H17ClN4O2. The summed E-state index contributed by atoms with van der Waals surface area (Å²) in [7, 11) is 1.60.